The molecule has 2 rings (SSSR count). The molecule has 1 saturated heterocycles. The number of hydrogen-bond donors (Lipinski definition) is 1. The summed E-state index contributed by atoms with van der Waals surface area (Å²) in [7, 11) is 5.57. The zero-order chi connectivity index (χ0) is 20.4. The van der Waals surface area contributed by atoms with Gasteiger partial charge in [-0.15, -0.1) is 0 Å². The summed E-state index contributed by atoms with van der Waals surface area (Å²) < 4.78 is 24.7. The molecule has 1 heterocycles. The molecule has 0 bridgehead atoms. The molecule has 0 amide bonds. The lowest BCUT2D eigenvalue weighted by molar-refractivity contribution is 0.0536. The Hall–Kier alpha value is -1.70. The maximum absolute atomic E-state index is 14.0. The van der Waals surface area contributed by atoms with E-state index in [0.717, 1.165) is 44.2 Å². The van der Waals surface area contributed by atoms with Crippen LogP contribution in [-0.4, -0.2) is 76.4 Å². The van der Waals surface area contributed by atoms with E-state index in [1.807, 2.05) is 31.1 Å². The molecule has 1 aliphatic rings. The first-order valence-electron chi connectivity index (χ1n) is 10.1. The van der Waals surface area contributed by atoms with Crippen molar-refractivity contribution in [1.29, 1.82) is 0 Å². The molecule has 0 spiro atoms. The lowest BCUT2D eigenvalue weighted by Crippen LogP contribution is -2.40. The largest absolute Gasteiger partial charge is 0.382 e. The Morgan fingerprint density at radius 1 is 1.36 bits per heavy atom. The highest BCUT2D eigenvalue weighted by atomic mass is 19.1. The van der Waals surface area contributed by atoms with Gasteiger partial charge in [0.1, 0.15) is 5.82 Å². The molecule has 0 aromatic heterocycles. The van der Waals surface area contributed by atoms with Crippen LogP contribution in [0.25, 0.3) is 0 Å². The van der Waals surface area contributed by atoms with Gasteiger partial charge in [-0.25, -0.2) is 9.38 Å². The number of nitrogens with one attached hydrogen (secondary N) is 1. The number of hydrogen-bond acceptors (Lipinski definition) is 4. The van der Waals surface area contributed by atoms with Crippen molar-refractivity contribution in [3.63, 3.8) is 0 Å². The van der Waals surface area contributed by atoms with Crippen LogP contribution in [0.1, 0.15) is 24.5 Å². The Morgan fingerprint density at radius 2 is 2.18 bits per heavy atom. The van der Waals surface area contributed by atoms with Crippen LogP contribution in [0.15, 0.2) is 23.2 Å². The van der Waals surface area contributed by atoms with E-state index in [2.05, 4.69) is 17.1 Å². The van der Waals surface area contributed by atoms with Gasteiger partial charge < -0.3 is 24.6 Å². The van der Waals surface area contributed by atoms with Gasteiger partial charge in [-0.05, 0) is 45.1 Å². The van der Waals surface area contributed by atoms with Crippen LogP contribution in [0.4, 0.5) is 4.39 Å². The van der Waals surface area contributed by atoms with Crippen LogP contribution in [0.3, 0.4) is 0 Å². The molecule has 0 radical (unpaired) electrons. The summed E-state index contributed by atoms with van der Waals surface area (Å²) in [6.45, 7) is 7.95. The van der Waals surface area contributed by atoms with E-state index in [0.29, 0.717) is 37.8 Å². The van der Waals surface area contributed by atoms with Gasteiger partial charge in [0.15, 0.2) is 5.96 Å². The van der Waals surface area contributed by atoms with Crippen LogP contribution in [0.2, 0.25) is 0 Å². The van der Waals surface area contributed by atoms with E-state index in [4.69, 9.17) is 14.5 Å². The van der Waals surface area contributed by atoms with E-state index < -0.39 is 0 Å². The van der Waals surface area contributed by atoms with Crippen molar-refractivity contribution in [2.24, 2.45) is 10.9 Å². The molecule has 1 atom stereocenters. The second kappa shape index (κ2) is 12.0. The molecular formula is C21H35FN4O2. The number of halogens is 1. The number of aliphatic imine (C=N–C) groups is 1. The normalized spacial score (nSPS) is 17.6. The van der Waals surface area contributed by atoms with Crippen LogP contribution in [-0.2, 0) is 22.6 Å². The Bertz CT molecular complexity index is 624. The molecule has 1 aliphatic heterocycles. The van der Waals surface area contributed by atoms with E-state index in [9.17, 15) is 4.39 Å². The molecular weight excluding hydrogens is 359 g/mol. The van der Waals surface area contributed by atoms with Crippen molar-refractivity contribution in [1.82, 2.24) is 15.1 Å². The van der Waals surface area contributed by atoms with Crippen molar-refractivity contribution in [3.05, 3.63) is 35.1 Å². The molecule has 7 heteroatoms. The summed E-state index contributed by atoms with van der Waals surface area (Å²) in [6.07, 6.45) is 1.10. The minimum Gasteiger partial charge on any atom is -0.382 e. The minimum absolute atomic E-state index is 0.163. The van der Waals surface area contributed by atoms with Gasteiger partial charge >= 0.3 is 0 Å². The van der Waals surface area contributed by atoms with Crippen molar-refractivity contribution < 1.29 is 13.9 Å². The van der Waals surface area contributed by atoms with Crippen molar-refractivity contribution >= 4 is 5.96 Å². The molecule has 28 heavy (non-hydrogen) atoms. The number of ether oxygens (including phenoxy) is 2. The Labute approximate surface area is 168 Å². The van der Waals surface area contributed by atoms with Crippen molar-refractivity contribution in [2.45, 2.75) is 26.4 Å². The molecule has 1 aromatic rings. The highest BCUT2D eigenvalue weighted by Crippen LogP contribution is 2.18. The van der Waals surface area contributed by atoms with Crippen LogP contribution in [0.5, 0.6) is 0 Å². The predicted molar refractivity (Wildman–Crippen MR) is 111 cm³/mol. The van der Waals surface area contributed by atoms with Crippen molar-refractivity contribution in [2.75, 3.05) is 60.7 Å². The van der Waals surface area contributed by atoms with E-state index in [-0.39, 0.29) is 5.82 Å². The molecule has 6 nitrogen and oxygen atoms in total. The highest BCUT2D eigenvalue weighted by Gasteiger charge is 2.25. The monoisotopic (exact) mass is 394 g/mol. The second-order valence-electron chi connectivity index (χ2n) is 7.50. The summed E-state index contributed by atoms with van der Waals surface area (Å²) in [5.41, 5.74) is 1.73. The first-order valence-corrected chi connectivity index (χ1v) is 10.1. The summed E-state index contributed by atoms with van der Waals surface area (Å²) >= 11 is 0. The third-order valence-electron chi connectivity index (χ3n) is 4.71. The topological polar surface area (TPSA) is 49.3 Å². The van der Waals surface area contributed by atoms with Gasteiger partial charge in [0.05, 0.1) is 26.4 Å². The Morgan fingerprint density at radius 3 is 2.89 bits per heavy atom. The summed E-state index contributed by atoms with van der Waals surface area (Å²) in [6, 6.07) is 5.27. The van der Waals surface area contributed by atoms with Gasteiger partial charge in [-0.3, -0.25) is 0 Å². The molecule has 1 aromatic carbocycles. The fraction of sp³-hybridized carbons (Fsp3) is 0.667. The van der Waals surface area contributed by atoms with Crippen LogP contribution < -0.4 is 5.32 Å². The number of methoxy groups -OCH3 is 1. The molecule has 158 valence electrons. The third kappa shape index (κ3) is 7.37. The molecule has 1 unspecified atom stereocenters. The third-order valence-corrected chi connectivity index (χ3v) is 4.71. The summed E-state index contributed by atoms with van der Waals surface area (Å²) in [5.74, 6) is 1.27. The van der Waals surface area contributed by atoms with Crippen molar-refractivity contribution in [3.8, 4) is 0 Å². The quantitative estimate of drug-likeness (QED) is 0.375. The standard InChI is InChI=1S/C21H35FN4O2/c1-5-23-21(26-9-8-18(14-26)16-28-11-10-27-4)24-13-17-6-7-20(22)19(12-17)15-25(2)3/h6-7,12,18H,5,8-11,13-16H2,1-4H3,(H,23,24). The smallest absolute Gasteiger partial charge is 0.194 e. The Balaban J connectivity index is 1.95. The first kappa shape index (κ1) is 22.6. The zero-order valence-electron chi connectivity index (χ0n) is 17.7. The van der Waals surface area contributed by atoms with Gasteiger partial charge in [-0.1, -0.05) is 6.07 Å². The van der Waals surface area contributed by atoms with Crippen LogP contribution in [0, 0.1) is 11.7 Å². The molecule has 0 aliphatic carbocycles. The van der Waals surface area contributed by atoms with Gasteiger partial charge in [0.2, 0.25) is 0 Å². The van der Waals surface area contributed by atoms with E-state index >= 15 is 0 Å². The maximum atomic E-state index is 14.0. The number of benzene rings is 1. The first-order chi connectivity index (χ1) is 13.5. The SMILES string of the molecule is CCNC(=NCc1ccc(F)c(CN(C)C)c1)N1CCC(COCCOC)C1. The number of guanidine groups is 1. The average Bonchev–Trinajstić information content (AvgIpc) is 3.13. The van der Waals surface area contributed by atoms with Gasteiger partial charge in [-0.2, -0.15) is 0 Å². The molecule has 1 fully saturated rings. The Kier molecular flexibility index (Phi) is 9.67. The average molecular weight is 395 g/mol. The minimum atomic E-state index is -0.163. The number of rotatable bonds is 10. The molecule has 1 N–H and O–H groups in total. The fourth-order valence-corrected chi connectivity index (χ4v) is 3.33. The molecule has 0 saturated carbocycles. The van der Waals surface area contributed by atoms with E-state index in [1.165, 1.54) is 0 Å². The lowest BCUT2D eigenvalue weighted by atomic mass is 10.1. The fourth-order valence-electron chi connectivity index (χ4n) is 3.33. The zero-order valence-corrected chi connectivity index (χ0v) is 17.7. The second-order valence-corrected chi connectivity index (χ2v) is 7.50. The lowest BCUT2D eigenvalue weighted by Gasteiger charge is -2.22. The predicted octanol–water partition coefficient (Wildman–Crippen LogP) is 2.34. The highest BCUT2D eigenvalue weighted by molar-refractivity contribution is 5.80. The summed E-state index contributed by atoms with van der Waals surface area (Å²) in [5, 5.41) is 3.38. The summed E-state index contributed by atoms with van der Waals surface area (Å²) in [4.78, 5) is 9.05. The van der Waals surface area contributed by atoms with Crippen LogP contribution >= 0.6 is 0 Å². The van der Waals surface area contributed by atoms with E-state index in [1.54, 1.807) is 13.2 Å². The van der Waals surface area contributed by atoms with Gasteiger partial charge in [0.25, 0.3) is 0 Å². The number of likely N-dealkylation sites (tertiary alicyclic amines) is 1. The maximum Gasteiger partial charge on any atom is 0.194 e. The number of nitrogens with zero attached hydrogens (tertiary/aromatic N) is 3. The van der Waals surface area contributed by atoms with Gasteiger partial charge in [0, 0.05) is 44.8 Å².